The molecule has 0 radical (unpaired) electrons. The Morgan fingerprint density at radius 2 is 1.88 bits per heavy atom. The summed E-state index contributed by atoms with van der Waals surface area (Å²) in [6.45, 7) is 6.17. The summed E-state index contributed by atoms with van der Waals surface area (Å²) in [5.41, 5.74) is 3.71. The number of aromatic carboxylic acids is 1. The van der Waals surface area contributed by atoms with Crippen LogP contribution in [0.25, 0.3) is 11.8 Å². The SMILES string of the molecule is CCOc1ccc(NC(=O)C(C#N)=Cc2cc(C)n(-c3cccc(C(=O)O)c3)c2C)cc1. The lowest BCUT2D eigenvalue weighted by Gasteiger charge is -2.10. The van der Waals surface area contributed by atoms with E-state index in [1.165, 1.54) is 12.1 Å². The summed E-state index contributed by atoms with van der Waals surface area (Å²) in [6.07, 6.45) is 1.53. The summed E-state index contributed by atoms with van der Waals surface area (Å²) in [7, 11) is 0. The fourth-order valence-corrected chi connectivity index (χ4v) is 3.41. The van der Waals surface area contributed by atoms with E-state index < -0.39 is 11.9 Å². The van der Waals surface area contributed by atoms with Gasteiger partial charge in [-0.1, -0.05) is 6.07 Å². The van der Waals surface area contributed by atoms with Crippen LogP contribution in [0.3, 0.4) is 0 Å². The van der Waals surface area contributed by atoms with Crippen LogP contribution in [0.1, 0.15) is 34.2 Å². The van der Waals surface area contributed by atoms with E-state index in [9.17, 15) is 20.0 Å². The monoisotopic (exact) mass is 429 g/mol. The standard InChI is InChI=1S/C25H23N3O4/c1-4-32-23-10-8-21(9-11-23)27-24(29)20(15-26)13-19-12-16(2)28(17(19)3)22-7-5-6-18(14-22)25(30)31/h5-14H,4H2,1-3H3,(H,27,29)(H,30,31). The molecule has 0 spiro atoms. The van der Waals surface area contributed by atoms with Gasteiger partial charge in [0.2, 0.25) is 0 Å². The van der Waals surface area contributed by atoms with Gasteiger partial charge in [0.1, 0.15) is 17.4 Å². The topological polar surface area (TPSA) is 104 Å². The molecule has 3 aromatic rings. The maximum atomic E-state index is 12.6. The molecule has 0 aliphatic carbocycles. The molecule has 0 fully saturated rings. The van der Waals surface area contributed by atoms with Crippen molar-refractivity contribution in [3.63, 3.8) is 0 Å². The van der Waals surface area contributed by atoms with Gasteiger partial charge in [0, 0.05) is 22.8 Å². The number of aromatic nitrogens is 1. The number of rotatable bonds is 7. The predicted octanol–water partition coefficient (Wildman–Crippen LogP) is 4.74. The molecule has 0 aliphatic heterocycles. The highest BCUT2D eigenvalue weighted by atomic mass is 16.5. The Balaban J connectivity index is 1.88. The molecule has 32 heavy (non-hydrogen) atoms. The molecule has 2 N–H and O–H groups in total. The van der Waals surface area contributed by atoms with Crippen LogP contribution in [-0.2, 0) is 4.79 Å². The number of carbonyl (C=O) groups excluding carboxylic acids is 1. The van der Waals surface area contributed by atoms with Gasteiger partial charge >= 0.3 is 5.97 Å². The van der Waals surface area contributed by atoms with Gasteiger partial charge in [-0.05, 0) is 80.9 Å². The normalized spacial score (nSPS) is 11.0. The summed E-state index contributed by atoms with van der Waals surface area (Å²) < 4.78 is 7.27. The maximum Gasteiger partial charge on any atom is 0.335 e. The largest absolute Gasteiger partial charge is 0.494 e. The zero-order valence-electron chi connectivity index (χ0n) is 18.0. The number of nitriles is 1. The number of nitrogens with one attached hydrogen (secondary N) is 1. The van der Waals surface area contributed by atoms with Crippen LogP contribution in [-0.4, -0.2) is 28.2 Å². The number of hydrogen-bond donors (Lipinski definition) is 2. The summed E-state index contributed by atoms with van der Waals surface area (Å²) in [5.74, 6) is -0.831. The van der Waals surface area contributed by atoms with E-state index in [0.29, 0.717) is 29.3 Å². The molecule has 3 rings (SSSR count). The number of hydrogen-bond acceptors (Lipinski definition) is 4. The Labute approximate surface area is 186 Å². The summed E-state index contributed by atoms with van der Waals surface area (Å²) in [5, 5.41) is 21.5. The third-order valence-corrected chi connectivity index (χ3v) is 4.91. The average molecular weight is 429 g/mol. The number of aryl methyl sites for hydroxylation is 1. The molecular weight excluding hydrogens is 406 g/mol. The van der Waals surface area contributed by atoms with E-state index in [-0.39, 0.29) is 11.1 Å². The van der Waals surface area contributed by atoms with Crippen molar-refractivity contribution < 1.29 is 19.4 Å². The minimum absolute atomic E-state index is 0.0431. The van der Waals surface area contributed by atoms with Crippen LogP contribution in [0.4, 0.5) is 5.69 Å². The lowest BCUT2D eigenvalue weighted by atomic mass is 10.1. The van der Waals surface area contributed by atoms with Crippen LogP contribution in [0.15, 0.2) is 60.2 Å². The predicted molar refractivity (Wildman–Crippen MR) is 122 cm³/mol. The number of nitrogens with zero attached hydrogens (tertiary/aromatic N) is 2. The van der Waals surface area contributed by atoms with Crippen LogP contribution in [0.2, 0.25) is 0 Å². The van der Waals surface area contributed by atoms with E-state index in [1.54, 1.807) is 36.4 Å². The minimum atomic E-state index is -1.01. The average Bonchev–Trinajstić information content (AvgIpc) is 3.06. The Morgan fingerprint density at radius 1 is 1.16 bits per heavy atom. The van der Waals surface area contributed by atoms with Gasteiger partial charge in [0.05, 0.1) is 12.2 Å². The molecule has 0 unspecified atom stereocenters. The van der Waals surface area contributed by atoms with E-state index >= 15 is 0 Å². The van der Waals surface area contributed by atoms with Crippen molar-refractivity contribution in [2.75, 3.05) is 11.9 Å². The third-order valence-electron chi connectivity index (χ3n) is 4.91. The molecule has 162 valence electrons. The molecule has 0 saturated heterocycles. The molecule has 0 bridgehead atoms. The van der Waals surface area contributed by atoms with Gasteiger partial charge in [-0.3, -0.25) is 4.79 Å². The number of anilines is 1. The molecule has 1 amide bonds. The molecule has 0 atom stereocenters. The fourth-order valence-electron chi connectivity index (χ4n) is 3.41. The van der Waals surface area contributed by atoms with Gasteiger partial charge in [0.25, 0.3) is 5.91 Å². The molecule has 1 aromatic heterocycles. The number of carbonyl (C=O) groups is 2. The van der Waals surface area contributed by atoms with E-state index in [2.05, 4.69) is 5.32 Å². The van der Waals surface area contributed by atoms with E-state index in [4.69, 9.17) is 4.74 Å². The molecule has 1 heterocycles. The van der Waals surface area contributed by atoms with Crippen LogP contribution in [0, 0.1) is 25.2 Å². The van der Waals surface area contributed by atoms with Crippen molar-refractivity contribution in [3.05, 3.63) is 82.7 Å². The van der Waals surface area contributed by atoms with Gasteiger partial charge in [-0.15, -0.1) is 0 Å². The quantitative estimate of drug-likeness (QED) is 0.417. The second kappa shape index (κ2) is 9.67. The third kappa shape index (κ3) is 4.87. The Morgan fingerprint density at radius 3 is 2.50 bits per heavy atom. The summed E-state index contributed by atoms with van der Waals surface area (Å²) in [6, 6.07) is 17.3. The number of carboxylic acid groups (broad SMARTS) is 1. The fraction of sp³-hybridized carbons (Fsp3) is 0.160. The summed E-state index contributed by atoms with van der Waals surface area (Å²) >= 11 is 0. The highest BCUT2D eigenvalue weighted by molar-refractivity contribution is 6.09. The first-order valence-corrected chi connectivity index (χ1v) is 10.0. The first-order chi connectivity index (χ1) is 15.3. The molecule has 7 heteroatoms. The van der Waals surface area contributed by atoms with Gasteiger partial charge in [-0.2, -0.15) is 5.26 Å². The van der Waals surface area contributed by atoms with Crippen molar-refractivity contribution in [3.8, 4) is 17.5 Å². The molecule has 2 aromatic carbocycles. The number of amides is 1. The first-order valence-electron chi connectivity index (χ1n) is 10.0. The highest BCUT2D eigenvalue weighted by Gasteiger charge is 2.15. The second-order valence-corrected chi connectivity index (χ2v) is 7.10. The maximum absolute atomic E-state index is 12.6. The minimum Gasteiger partial charge on any atom is -0.494 e. The Hall–Kier alpha value is -4.31. The zero-order chi connectivity index (χ0) is 23.3. The van der Waals surface area contributed by atoms with Gasteiger partial charge in [-0.25, -0.2) is 4.79 Å². The van der Waals surface area contributed by atoms with Crippen molar-refractivity contribution in [2.24, 2.45) is 0 Å². The van der Waals surface area contributed by atoms with Gasteiger partial charge < -0.3 is 19.7 Å². The van der Waals surface area contributed by atoms with Crippen molar-refractivity contribution in [1.82, 2.24) is 4.57 Å². The summed E-state index contributed by atoms with van der Waals surface area (Å²) in [4.78, 5) is 24.0. The van der Waals surface area contributed by atoms with E-state index in [1.807, 2.05) is 43.5 Å². The smallest absolute Gasteiger partial charge is 0.335 e. The highest BCUT2D eigenvalue weighted by Crippen LogP contribution is 2.24. The molecule has 0 aliphatic rings. The van der Waals surface area contributed by atoms with Crippen LogP contribution < -0.4 is 10.1 Å². The molecule has 0 saturated carbocycles. The Kier molecular flexibility index (Phi) is 6.76. The van der Waals surface area contributed by atoms with Crippen LogP contribution >= 0.6 is 0 Å². The van der Waals surface area contributed by atoms with Gasteiger partial charge in [0.15, 0.2) is 0 Å². The molecular formula is C25H23N3O4. The molecule has 7 nitrogen and oxygen atoms in total. The van der Waals surface area contributed by atoms with E-state index in [0.717, 1.165) is 11.4 Å². The zero-order valence-corrected chi connectivity index (χ0v) is 18.0. The number of carboxylic acids is 1. The lowest BCUT2D eigenvalue weighted by molar-refractivity contribution is -0.112. The van der Waals surface area contributed by atoms with Crippen molar-refractivity contribution in [2.45, 2.75) is 20.8 Å². The lowest BCUT2D eigenvalue weighted by Crippen LogP contribution is -2.13. The first kappa shape index (κ1) is 22.4. The Bertz CT molecular complexity index is 1230. The van der Waals surface area contributed by atoms with Crippen molar-refractivity contribution in [1.29, 1.82) is 5.26 Å². The number of ether oxygens (including phenoxy) is 1. The number of benzene rings is 2. The second-order valence-electron chi connectivity index (χ2n) is 7.10. The van der Waals surface area contributed by atoms with Crippen LogP contribution in [0.5, 0.6) is 5.75 Å². The van der Waals surface area contributed by atoms with Crippen molar-refractivity contribution >= 4 is 23.6 Å².